The molecule has 5 nitrogen and oxygen atoms in total. The zero-order valence-corrected chi connectivity index (χ0v) is 15.0. The number of hydrogen-bond donors (Lipinski definition) is 2. The van der Waals surface area contributed by atoms with Crippen molar-refractivity contribution < 1.29 is 35.9 Å². The van der Waals surface area contributed by atoms with Crippen LogP contribution in [0.2, 0.25) is 0 Å². The molecule has 1 aromatic carbocycles. The fourth-order valence-corrected chi connectivity index (χ4v) is 2.96. The molecular weight excluding hydrogens is 392 g/mol. The number of nitrogens with zero attached hydrogens (tertiary/aromatic N) is 1. The van der Waals surface area contributed by atoms with Crippen molar-refractivity contribution in [2.24, 2.45) is 5.92 Å². The molecule has 1 saturated heterocycles. The molecule has 2 N–H and O–H groups in total. The number of carbonyl (C=O) groups is 2. The summed E-state index contributed by atoms with van der Waals surface area (Å²) in [7, 11) is 0. The average Bonchev–Trinajstić information content (AvgIpc) is 2.98. The number of carbonyl (C=O) groups excluding carboxylic acids is 2. The number of nitrogens with one attached hydrogen (secondary N) is 2. The Hall–Kier alpha value is -2.30. The van der Waals surface area contributed by atoms with Crippen LogP contribution in [0.1, 0.15) is 20.3 Å². The van der Waals surface area contributed by atoms with Gasteiger partial charge in [0.05, 0.1) is 12.5 Å². The van der Waals surface area contributed by atoms with Crippen molar-refractivity contribution in [2.75, 3.05) is 18.4 Å². The highest BCUT2D eigenvalue weighted by atomic mass is 19.4. The van der Waals surface area contributed by atoms with E-state index in [1.165, 1.54) is 4.90 Å². The van der Waals surface area contributed by atoms with E-state index in [-0.39, 0.29) is 18.7 Å². The molecule has 0 spiro atoms. The highest BCUT2D eigenvalue weighted by Crippen LogP contribution is 2.27. The van der Waals surface area contributed by atoms with Crippen LogP contribution in [0.5, 0.6) is 0 Å². The second-order valence-electron chi connectivity index (χ2n) is 6.61. The lowest BCUT2D eigenvalue weighted by atomic mass is 10.0. The van der Waals surface area contributed by atoms with Gasteiger partial charge in [0.25, 0.3) is 0 Å². The Balaban J connectivity index is 1.96. The van der Waals surface area contributed by atoms with Crippen molar-refractivity contribution >= 4 is 17.5 Å². The third-order valence-electron chi connectivity index (χ3n) is 4.71. The summed E-state index contributed by atoms with van der Waals surface area (Å²) in [5.74, 6) is -6.56. The van der Waals surface area contributed by atoms with E-state index >= 15 is 0 Å². The van der Waals surface area contributed by atoms with Gasteiger partial charge in [-0.2, -0.15) is 13.2 Å². The molecule has 1 aliphatic heterocycles. The van der Waals surface area contributed by atoms with E-state index in [4.69, 9.17) is 0 Å². The van der Waals surface area contributed by atoms with Crippen molar-refractivity contribution in [1.82, 2.24) is 10.2 Å². The smallest absolute Gasteiger partial charge is 0.338 e. The predicted octanol–water partition coefficient (Wildman–Crippen LogP) is 2.82. The first-order chi connectivity index (χ1) is 12.9. The number of rotatable bonds is 5. The number of halogens is 6. The average molecular weight is 411 g/mol. The van der Waals surface area contributed by atoms with Gasteiger partial charge in [0, 0.05) is 30.4 Å². The summed E-state index contributed by atoms with van der Waals surface area (Å²) in [4.78, 5) is 25.8. The number of likely N-dealkylation sites (tertiary alicyclic amines) is 1. The van der Waals surface area contributed by atoms with Crippen LogP contribution in [-0.2, 0) is 9.59 Å². The van der Waals surface area contributed by atoms with Gasteiger partial charge in [-0.05, 0) is 20.3 Å². The molecule has 1 heterocycles. The van der Waals surface area contributed by atoms with Crippen molar-refractivity contribution in [3.63, 3.8) is 0 Å². The minimum absolute atomic E-state index is 0.145. The van der Waals surface area contributed by atoms with Gasteiger partial charge in [-0.1, -0.05) is 0 Å². The Bertz CT molecular complexity index is 732. The highest BCUT2D eigenvalue weighted by Gasteiger charge is 2.40. The van der Waals surface area contributed by atoms with Gasteiger partial charge in [-0.15, -0.1) is 0 Å². The Morgan fingerprint density at radius 3 is 2.32 bits per heavy atom. The minimum Gasteiger partial charge on any atom is -0.338 e. The molecule has 0 aromatic heterocycles. The summed E-state index contributed by atoms with van der Waals surface area (Å²) in [5, 5.41) is 4.35. The van der Waals surface area contributed by atoms with Gasteiger partial charge in [0.2, 0.25) is 11.8 Å². The lowest BCUT2D eigenvalue weighted by Gasteiger charge is -2.25. The first kappa shape index (κ1) is 22.0. The molecule has 0 bridgehead atoms. The van der Waals surface area contributed by atoms with Crippen LogP contribution in [0.4, 0.5) is 32.0 Å². The van der Waals surface area contributed by atoms with E-state index in [1.807, 2.05) is 0 Å². The first-order valence-electron chi connectivity index (χ1n) is 8.46. The van der Waals surface area contributed by atoms with E-state index in [2.05, 4.69) is 10.6 Å². The van der Waals surface area contributed by atoms with Crippen molar-refractivity contribution in [1.29, 1.82) is 0 Å². The highest BCUT2D eigenvalue weighted by molar-refractivity contribution is 5.94. The molecular formula is C17H19F6N3O2. The third-order valence-corrected chi connectivity index (χ3v) is 4.71. The van der Waals surface area contributed by atoms with Gasteiger partial charge >= 0.3 is 6.18 Å². The van der Waals surface area contributed by atoms with E-state index < -0.39 is 60.0 Å². The molecule has 0 radical (unpaired) electrons. The molecule has 1 fully saturated rings. The second-order valence-corrected chi connectivity index (χ2v) is 6.61. The Kier molecular flexibility index (Phi) is 6.58. The number of anilines is 1. The largest absolute Gasteiger partial charge is 0.403 e. The fraction of sp³-hybridized carbons (Fsp3) is 0.529. The maximum atomic E-state index is 13.2. The molecule has 3 atom stereocenters. The molecule has 28 heavy (non-hydrogen) atoms. The second kappa shape index (κ2) is 8.38. The SMILES string of the molecule is C[C@H]1[C@H](C(=O)Nc2cc(F)c(F)c(F)c2)CCN1C(=O)CN[C@H](C)C(F)(F)F. The van der Waals surface area contributed by atoms with Crippen LogP contribution < -0.4 is 10.6 Å². The molecule has 156 valence electrons. The van der Waals surface area contributed by atoms with Crippen molar-refractivity contribution in [2.45, 2.75) is 38.5 Å². The van der Waals surface area contributed by atoms with Gasteiger partial charge in [0.15, 0.2) is 17.5 Å². The molecule has 0 aliphatic carbocycles. The van der Waals surface area contributed by atoms with Gasteiger partial charge < -0.3 is 10.2 Å². The summed E-state index contributed by atoms with van der Waals surface area (Å²) in [6, 6.07) is -1.25. The molecule has 2 amide bonds. The molecule has 1 aliphatic rings. The topological polar surface area (TPSA) is 61.4 Å². The summed E-state index contributed by atoms with van der Waals surface area (Å²) in [6.45, 7) is 2.03. The third kappa shape index (κ3) is 4.94. The number of hydrogen-bond acceptors (Lipinski definition) is 3. The van der Waals surface area contributed by atoms with E-state index in [9.17, 15) is 35.9 Å². The van der Waals surface area contributed by atoms with E-state index in [1.54, 1.807) is 6.92 Å². The van der Waals surface area contributed by atoms with E-state index in [0.717, 1.165) is 6.92 Å². The zero-order valence-electron chi connectivity index (χ0n) is 15.0. The number of alkyl halides is 3. The zero-order chi connectivity index (χ0) is 21.2. The number of benzene rings is 1. The fourth-order valence-electron chi connectivity index (χ4n) is 2.96. The van der Waals surface area contributed by atoms with Crippen molar-refractivity contribution in [3.8, 4) is 0 Å². The summed E-state index contributed by atoms with van der Waals surface area (Å²) in [5.41, 5.74) is -0.279. The van der Waals surface area contributed by atoms with Crippen LogP contribution in [-0.4, -0.2) is 48.1 Å². The van der Waals surface area contributed by atoms with Gasteiger partial charge in [-0.25, -0.2) is 13.2 Å². The van der Waals surface area contributed by atoms with Gasteiger partial charge in [-0.3, -0.25) is 14.9 Å². The van der Waals surface area contributed by atoms with Crippen LogP contribution in [0.15, 0.2) is 12.1 Å². The standard InChI is InChI=1S/C17H19F6N3O2/c1-8-11(16(28)25-10-5-12(18)15(20)13(19)6-10)3-4-26(8)14(27)7-24-9(2)17(21,22)23/h5-6,8-9,11,24H,3-4,7H2,1-2H3,(H,25,28)/t8-,9+,11+/m0/s1. The van der Waals surface area contributed by atoms with Gasteiger partial charge in [0.1, 0.15) is 6.04 Å². The normalized spacial score (nSPS) is 20.9. The monoisotopic (exact) mass is 411 g/mol. The molecule has 11 heteroatoms. The molecule has 0 saturated carbocycles. The summed E-state index contributed by atoms with van der Waals surface area (Å²) < 4.78 is 76.9. The first-order valence-corrected chi connectivity index (χ1v) is 8.46. The van der Waals surface area contributed by atoms with Crippen LogP contribution in [0.25, 0.3) is 0 Å². The summed E-state index contributed by atoms with van der Waals surface area (Å²) >= 11 is 0. The Morgan fingerprint density at radius 2 is 1.79 bits per heavy atom. The minimum atomic E-state index is -4.49. The summed E-state index contributed by atoms with van der Waals surface area (Å²) in [6.07, 6.45) is -4.27. The Labute approximate surface area is 157 Å². The lowest BCUT2D eigenvalue weighted by molar-refractivity contribution is -0.153. The van der Waals surface area contributed by atoms with E-state index in [0.29, 0.717) is 12.1 Å². The molecule has 2 rings (SSSR count). The molecule has 1 aromatic rings. The van der Waals surface area contributed by atoms with Crippen LogP contribution in [0, 0.1) is 23.4 Å². The Morgan fingerprint density at radius 1 is 1.21 bits per heavy atom. The maximum Gasteiger partial charge on any atom is 0.403 e. The van der Waals surface area contributed by atoms with Crippen LogP contribution in [0.3, 0.4) is 0 Å². The predicted molar refractivity (Wildman–Crippen MR) is 87.7 cm³/mol. The quantitative estimate of drug-likeness (QED) is 0.579. The lowest BCUT2D eigenvalue weighted by Crippen LogP contribution is -2.47. The maximum absolute atomic E-state index is 13.2. The molecule has 0 unspecified atom stereocenters. The number of amides is 2. The van der Waals surface area contributed by atoms with Crippen molar-refractivity contribution in [3.05, 3.63) is 29.6 Å². The van der Waals surface area contributed by atoms with Crippen LogP contribution >= 0.6 is 0 Å².